The highest BCUT2D eigenvalue weighted by Crippen LogP contribution is 2.22. The van der Waals surface area contributed by atoms with Gasteiger partial charge in [-0.25, -0.2) is 14.4 Å². The van der Waals surface area contributed by atoms with Crippen LogP contribution in [0.2, 0.25) is 0 Å². The summed E-state index contributed by atoms with van der Waals surface area (Å²) in [5, 5.41) is 0.768. The van der Waals surface area contributed by atoms with E-state index >= 15 is 0 Å². The Morgan fingerprint density at radius 1 is 1.12 bits per heavy atom. The molecule has 1 amide bonds. The molecule has 0 bridgehead atoms. The van der Waals surface area contributed by atoms with Gasteiger partial charge < -0.3 is 14.8 Å². The average molecular weight is 339 g/mol. The van der Waals surface area contributed by atoms with Crippen LogP contribution in [0.1, 0.15) is 5.56 Å². The molecular weight excluding hydrogens is 321 g/mol. The monoisotopic (exact) mass is 339 g/mol. The van der Waals surface area contributed by atoms with Crippen LogP contribution < -0.4 is 4.90 Å². The first-order valence-electron chi connectivity index (χ1n) is 8.26. The van der Waals surface area contributed by atoms with Crippen LogP contribution in [-0.2, 0) is 11.2 Å². The van der Waals surface area contributed by atoms with Gasteiger partial charge in [0.15, 0.2) is 0 Å². The van der Waals surface area contributed by atoms with Gasteiger partial charge >= 0.3 is 0 Å². The lowest BCUT2D eigenvalue weighted by molar-refractivity contribution is -0.130. The van der Waals surface area contributed by atoms with E-state index < -0.39 is 0 Å². The van der Waals surface area contributed by atoms with Gasteiger partial charge in [-0.3, -0.25) is 4.79 Å². The minimum absolute atomic E-state index is 0.0544. The first kappa shape index (κ1) is 15.6. The first-order valence-corrected chi connectivity index (χ1v) is 8.26. The van der Waals surface area contributed by atoms with Gasteiger partial charge in [0.2, 0.25) is 11.9 Å². The maximum atomic E-state index is 13.8. The third-order valence-corrected chi connectivity index (χ3v) is 4.56. The molecule has 4 rings (SSSR count). The van der Waals surface area contributed by atoms with Crippen molar-refractivity contribution in [3.8, 4) is 0 Å². The second-order valence-electron chi connectivity index (χ2n) is 6.07. The number of H-pyrrole nitrogens is 1. The van der Waals surface area contributed by atoms with Crippen molar-refractivity contribution in [3.63, 3.8) is 0 Å². The largest absolute Gasteiger partial charge is 0.359 e. The number of hydrogen-bond donors (Lipinski definition) is 1. The second kappa shape index (κ2) is 6.51. The lowest BCUT2D eigenvalue weighted by Gasteiger charge is -2.34. The van der Waals surface area contributed by atoms with E-state index in [-0.39, 0.29) is 18.1 Å². The van der Waals surface area contributed by atoms with E-state index in [1.807, 2.05) is 11.0 Å². The molecule has 0 atom stereocenters. The van der Waals surface area contributed by atoms with E-state index in [2.05, 4.69) is 19.9 Å². The fourth-order valence-corrected chi connectivity index (χ4v) is 3.21. The Hall–Kier alpha value is -2.96. The standard InChI is InChI=1S/C18H18FN5O/c19-15-4-1-3-14-13(12-22-17(14)15)11-16(25)23-7-9-24(10-8-23)18-20-5-2-6-21-18/h1-6,12,22H,7-11H2. The zero-order chi connectivity index (χ0) is 17.2. The number of benzene rings is 1. The van der Waals surface area contributed by atoms with Crippen LogP contribution in [0.15, 0.2) is 42.9 Å². The molecule has 128 valence electrons. The maximum Gasteiger partial charge on any atom is 0.227 e. The number of hydrogen-bond acceptors (Lipinski definition) is 4. The Morgan fingerprint density at radius 3 is 2.64 bits per heavy atom. The third kappa shape index (κ3) is 3.05. The van der Waals surface area contributed by atoms with E-state index in [0.29, 0.717) is 37.6 Å². The Kier molecular flexibility index (Phi) is 4.05. The number of nitrogens with one attached hydrogen (secondary N) is 1. The number of fused-ring (bicyclic) bond motifs is 1. The summed E-state index contributed by atoms with van der Waals surface area (Å²) in [5.41, 5.74) is 1.28. The molecule has 1 aliphatic rings. The van der Waals surface area contributed by atoms with Crippen LogP contribution in [0.5, 0.6) is 0 Å². The van der Waals surface area contributed by atoms with Gasteiger partial charge in [0.1, 0.15) is 5.82 Å². The molecule has 2 aromatic heterocycles. The Morgan fingerprint density at radius 2 is 1.88 bits per heavy atom. The summed E-state index contributed by atoms with van der Waals surface area (Å²) in [4.78, 5) is 27.9. The molecular formula is C18H18FN5O. The van der Waals surface area contributed by atoms with Gasteiger partial charge in [0.25, 0.3) is 0 Å². The van der Waals surface area contributed by atoms with Crippen molar-refractivity contribution in [2.45, 2.75) is 6.42 Å². The topological polar surface area (TPSA) is 65.1 Å². The molecule has 1 aromatic carbocycles. The molecule has 0 aliphatic carbocycles. The normalized spacial score (nSPS) is 14.9. The SMILES string of the molecule is O=C(Cc1c[nH]c2c(F)cccc12)N1CCN(c2ncccn2)CC1. The number of anilines is 1. The molecule has 1 saturated heterocycles. The zero-order valence-electron chi connectivity index (χ0n) is 13.7. The molecule has 7 heteroatoms. The summed E-state index contributed by atoms with van der Waals surface area (Å²) in [7, 11) is 0. The highest BCUT2D eigenvalue weighted by molar-refractivity contribution is 5.89. The molecule has 1 N–H and O–H groups in total. The first-order chi connectivity index (χ1) is 12.2. The number of aromatic amines is 1. The van der Waals surface area contributed by atoms with Gasteiger partial charge in [-0.05, 0) is 17.7 Å². The molecule has 0 unspecified atom stereocenters. The molecule has 0 saturated carbocycles. The molecule has 1 aliphatic heterocycles. The average Bonchev–Trinajstić information content (AvgIpc) is 3.07. The minimum Gasteiger partial charge on any atom is -0.359 e. The number of piperazine rings is 1. The number of carbonyl (C=O) groups excluding carboxylic acids is 1. The third-order valence-electron chi connectivity index (χ3n) is 4.56. The van der Waals surface area contributed by atoms with Crippen molar-refractivity contribution in [2.24, 2.45) is 0 Å². The molecule has 3 heterocycles. The number of carbonyl (C=O) groups is 1. The lowest BCUT2D eigenvalue weighted by atomic mass is 10.1. The number of nitrogens with zero attached hydrogens (tertiary/aromatic N) is 4. The highest BCUT2D eigenvalue weighted by atomic mass is 19.1. The van der Waals surface area contributed by atoms with Gasteiger partial charge in [-0.1, -0.05) is 12.1 Å². The summed E-state index contributed by atoms with van der Waals surface area (Å²) in [6.45, 7) is 2.68. The fraction of sp³-hybridized carbons (Fsp3) is 0.278. The summed E-state index contributed by atoms with van der Waals surface area (Å²) in [5.74, 6) is 0.452. The van der Waals surface area contributed by atoms with Gasteiger partial charge in [-0.2, -0.15) is 0 Å². The van der Waals surface area contributed by atoms with Crippen LogP contribution >= 0.6 is 0 Å². The summed E-state index contributed by atoms with van der Waals surface area (Å²) < 4.78 is 13.8. The van der Waals surface area contributed by atoms with Gasteiger partial charge in [0.05, 0.1) is 11.9 Å². The highest BCUT2D eigenvalue weighted by Gasteiger charge is 2.23. The van der Waals surface area contributed by atoms with Crippen molar-refractivity contribution in [3.05, 3.63) is 54.2 Å². The second-order valence-corrected chi connectivity index (χ2v) is 6.07. The minimum atomic E-state index is -0.298. The zero-order valence-corrected chi connectivity index (χ0v) is 13.7. The molecule has 0 spiro atoms. The van der Waals surface area contributed by atoms with E-state index in [4.69, 9.17) is 0 Å². The summed E-state index contributed by atoms with van der Waals surface area (Å²) in [6, 6.07) is 6.70. The molecule has 1 fully saturated rings. The van der Waals surface area contributed by atoms with Crippen LogP contribution in [0.3, 0.4) is 0 Å². The quantitative estimate of drug-likeness (QED) is 0.793. The van der Waals surface area contributed by atoms with E-state index in [0.717, 1.165) is 10.9 Å². The Bertz CT molecular complexity index is 887. The molecule has 3 aromatic rings. The van der Waals surface area contributed by atoms with Crippen molar-refractivity contribution < 1.29 is 9.18 Å². The van der Waals surface area contributed by atoms with E-state index in [9.17, 15) is 9.18 Å². The van der Waals surface area contributed by atoms with Crippen LogP contribution in [0.4, 0.5) is 10.3 Å². The van der Waals surface area contributed by atoms with E-state index in [1.165, 1.54) is 6.07 Å². The van der Waals surface area contributed by atoms with Crippen LogP contribution in [0, 0.1) is 5.82 Å². The molecule has 25 heavy (non-hydrogen) atoms. The fourth-order valence-electron chi connectivity index (χ4n) is 3.21. The lowest BCUT2D eigenvalue weighted by Crippen LogP contribution is -2.49. The summed E-state index contributed by atoms with van der Waals surface area (Å²) in [6.07, 6.45) is 5.43. The number of para-hydroxylation sites is 1. The van der Waals surface area contributed by atoms with Gasteiger partial charge in [0, 0.05) is 50.2 Å². The predicted molar refractivity (Wildman–Crippen MR) is 92.8 cm³/mol. The van der Waals surface area contributed by atoms with Crippen molar-refractivity contribution >= 4 is 22.8 Å². The number of amides is 1. The predicted octanol–water partition coefficient (Wildman–Crippen LogP) is 1.99. The van der Waals surface area contributed by atoms with Crippen molar-refractivity contribution in [1.82, 2.24) is 19.9 Å². The smallest absolute Gasteiger partial charge is 0.227 e. The number of rotatable bonds is 3. The van der Waals surface area contributed by atoms with Crippen molar-refractivity contribution in [2.75, 3.05) is 31.1 Å². The molecule has 0 radical (unpaired) electrons. The van der Waals surface area contributed by atoms with Gasteiger partial charge in [-0.15, -0.1) is 0 Å². The maximum absolute atomic E-state index is 13.8. The number of aromatic nitrogens is 3. The van der Waals surface area contributed by atoms with Crippen molar-refractivity contribution in [1.29, 1.82) is 0 Å². The van der Waals surface area contributed by atoms with Crippen LogP contribution in [-0.4, -0.2) is 51.9 Å². The summed E-state index contributed by atoms with van der Waals surface area (Å²) >= 11 is 0. The molecule has 6 nitrogen and oxygen atoms in total. The Labute approximate surface area is 144 Å². The number of halogens is 1. The Balaban J connectivity index is 1.41. The van der Waals surface area contributed by atoms with Crippen LogP contribution in [0.25, 0.3) is 10.9 Å². The van der Waals surface area contributed by atoms with E-state index in [1.54, 1.807) is 30.7 Å².